The van der Waals surface area contributed by atoms with E-state index in [1.165, 1.54) is 0 Å². The van der Waals surface area contributed by atoms with Crippen LogP contribution in [-0.2, 0) is 6.54 Å². The van der Waals surface area contributed by atoms with E-state index in [1.807, 2.05) is 53.7 Å². The lowest BCUT2D eigenvalue weighted by Gasteiger charge is -2.37. The summed E-state index contributed by atoms with van der Waals surface area (Å²) in [6, 6.07) is 14.4. The minimum atomic E-state index is -0.288. The number of amides is 2. The van der Waals surface area contributed by atoms with Crippen LogP contribution in [0.5, 0.6) is 5.75 Å². The number of aromatic amines is 1. The SMILES string of the molecule is COc1cccc(CN(C(=O)Nc2ccc(-c3cn[nH]c3)cc2N(C)C2CCNCC2)C2CCC(O)CC2)c1. The highest BCUT2D eigenvalue weighted by molar-refractivity contribution is 5.94. The number of anilines is 2. The van der Waals surface area contributed by atoms with Gasteiger partial charge in [0.15, 0.2) is 0 Å². The third-order valence-electron chi connectivity index (χ3n) is 8.16. The number of rotatable bonds is 8. The van der Waals surface area contributed by atoms with Gasteiger partial charge < -0.3 is 30.3 Å². The number of carbonyl (C=O) groups is 1. The van der Waals surface area contributed by atoms with Gasteiger partial charge in [0.1, 0.15) is 5.75 Å². The van der Waals surface area contributed by atoms with E-state index in [2.05, 4.69) is 38.8 Å². The molecule has 9 heteroatoms. The summed E-state index contributed by atoms with van der Waals surface area (Å²) in [5.41, 5.74) is 4.85. The summed E-state index contributed by atoms with van der Waals surface area (Å²) < 4.78 is 5.42. The van der Waals surface area contributed by atoms with E-state index in [1.54, 1.807) is 7.11 Å². The number of H-pyrrole nitrogens is 1. The maximum Gasteiger partial charge on any atom is 0.322 e. The molecule has 4 N–H and O–H groups in total. The molecule has 0 radical (unpaired) electrons. The number of aromatic nitrogens is 2. The van der Waals surface area contributed by atoms with Crippen LogP contribution in [0, 0.1) is 0 Å². The van der Waals surface area contributed by atoms with E-state index in [-0.39, 0.29) is 18.2 Å². The molecule has 1 saturated carbocycles. The zero-order valence-electron chi connectivity index (χ0n) is 22.9. The van der Waals surface area contributed by atoms with E-state index in [4.69, 9.17) is 4.74 Å². The zero-order valence-corrected chi connectivity index (χ0v) is 22.9. The van der Waals surface area contributed by atoms with Crippen LogP contribution in [0.3, 0.4) is 0 Å². The number of aliphatic hydroxyl groups is 1. The first kappa shape index (κ1) is 27.0. The summed E-state index contributed by atoms with van der Waals surface area (Å²) in [7, 11) is 3.77. The van der Waals surface area contributed by atoms with Crippen molar-refractivity contribution >= 4 is 17.4 Å². The Hall–Kier alpha value is -3.56. The smallest absolute Gasteiger partial charge is 0.322 e. The third-order valence-corrected chi connectivity index (χ3v) is 8.16. The standard InChI is InChI=1S/C30H40N6O3/c1-35(24-12-14-31-15-13-24)29-17-22(23-18-32-33-19-23)6-11-28(29)34-30(38)36(25-7-9-26(37)10-8-25)20-21-4-3-5-27(16-21)39-2/h3-6,11,16-19,24-26,31,37H,7-10,12-15,20H2,1-2H3,(H,32,33)(H,34,38). The normalized spacial score (nSPS) is 19.9. The number of ether oxygens (including phenoxy) is 1. The monoisotopic (exact) mass is 532 g/mol. The average Bonchev–Trinajstić information content (AvgIpc) is 3.52. The summed E-state index contributed by atoms with van der Waals surface area (Å²) in [5, 5.41) is 23.8. The summed E-state index contributed by atoms with van der Waals surface area (Å²) in [6.07, 6.45) is 8.47. The maximum atomic E-state index is 14.0. The van der Waals surface area contributed by atoms with E-state index in [0.29, 0.717) is 25.4 Å². The van der Waals surface area contributed by atoms with E-state index >= 15 is 0 Å². The topological polar surface area (TPSA) is 106 Å². The van der Waals surface area contributed by atoms with Crippen molar-refractivity contribution in [1.29, 1.82) is 0 Å². The van der Waals surface area contributed by atoms with Crippen molar-refractivity contribution in [3.8, 4) is 16.9 Å². The second-order valence-corrected chi connectivity index (χ2v) is 10.7. The summed E-state index contributed by atoms with van der Waals surface area (Å²) >= 11 is 0. The molecule has 0 unspecified atom stereocenters. The number of benzene rings is 2. The molecule has 5 rings (SSSR count). The van der Waals surface area contributed by atoms with Crippen molar-refractivity contribution in [2.45, 2.75) is 63.3 Å². The average molecular weight is 533 g/mol. The van der Waals surface area contributed by atoms with Gasteiger partial charge in [0.05, 0.1) is 30.8 Å². The predicted molar refractivity (Wildman–Crippen MR) is 154 cm³/mol. The first-order chi connectivity index (χ1) is 19.0. The third kappa shape index (κ3) is 6.54. The molecule has 208 valence electrons. The molecule has 2 fully saturated rings. The van der Waals surface area contributed by atoms with E-state index < -0.39 is 0 Å². The quantitative estimate of drug-likeness (QED) is 0.338. The largest absolute Gasteiger partial charge is 0.497 e. The van der Waals surface area contributed by atoms with Crippen LogP contribution < -0.4 is 20.3 Å². The number of nitrogens with one attached hydrogen (secondary N) is 3. The molecule has 1 aromatic heterocycles. The molecule has 1 saturated heterocycles. The van der Waals surface area contributed by atoms with Crippen LogP contribution in [0.2, 0.25) is 0 Å². The molecule has 3 aromatic rings. The van der Waals surface area contributed by atoms with Crippen LogP contribution in [0.15, 0.2) is 54.9 Å². The lowest BCUT2D eigenvalue weighted by atomic mass is 9.92. The number of nitrogens with zero attached hydrogens (tertiary/aromatic N) is 3. The van der Waals surface area contributed by atoms with Crippen molar-refractivity contribution in [3.05, 3.63) is 60.4 Å². The Bertz CT molecular complexity index is 1220. The lowest BCUT2D eigenvalue weighted by molar-refractivity contribution is 0.0849. The Labute approximate surface area is 230 Å². The van der Waals surface area contributed by atoms with Gasteiger partial charge in [0.2, 0.25) is 0 Å². The molecule has 0 bridgehead atoms. The number of aliphatic hydroxyl groups excluding tert-OH is 1. The van der Waals surface area contributed by atoms with Gasteiger partial charge in [-0.2, -0.15) is 5.10 Å². The minimum absolute atomic E-state index is 0.0513. The molecule has 2 heterocycles. The molecule has 0 spiro atoms. The van der Waals surface area contributed by atoms with Crippen LogP contribution in [-0.4, -0.2) is 71.7 Å². The highest BCUT2D eigenvalue weighted by Gasteiger charge is 2.30. The van der Waals surface area contributed by atoms with Crippen LogP contribution in [0.1, 0.15) is 44.1 Å². The molecule has 1 aliphatic heterocycles. The highest BCUT2D eigenvalue weighted by Crippen LogP contribution is 2.34. The van der Waals surface area contributed by atoms with Gasteiger partial charge in [0.25, 0.3) is 0 Å². The van der Waals surface area contributed by atoms with Gasteiger partial charge in [-0.3, -0.25) is 5.10 Å². The number of hydrogen-bond donors (Lipinski definition) is 4. The maximum absolute atomic E-state index is 14.0. The van der Waals surface area contributed by atoms with Crippen molar-refractivity contribution in [2.75, 3.05) is 37.5 Å². The molecule has 1 aliphatic carbocycles. The van der Waals surface area contributed by atoms with Gasteiger partial charge in [-0.05, 0) is 87.0 Å². The molecule has 2 aromatic carbocycles. The predicted octanol–water partition coefficient (Wildman–Crippen LogP) is 4.61. The molecule has 39 heavy (non-hydrogen) atoms. The van der Waals surface area contributed by atoms with Gasteiger partial charge >= 0.3 is 6.03 Å². The Morgan fingerprint density at radius 1 is 1.05 bits per heavy atom. The number of hydrogen-bond acceptors (Lipinski definition) is 6. The minimum Gasteiger partial charge on any atom is -0.497 e. The van der Waals surface area contributed by atoms with Crippen molar-refractivity contribution in [1.82, 2.24) is 20.4 Å². The number of carbonyl (C=O) groups excluding carboxylic acids is 1. The summed E-state index contributed by atoms with van der Waals surface area (Å²) in [6.45, 7) is 2.44. The Morgan fingerprint density at radius 2 is 1.85 bits per heavy atom. The fourth-order valence-electron chi connectivity index (χ4n) is 5.80. The van der Waals surface area contributed by atoms with Gasteiger partial charge in [-0.15, -0.1) is 0 Å². The Balaban J connectivity index is 1.43. The second-order valence-electron chi connectivity index (χ2n) is 10.7. The van der Waals surface area contributed by atoms with Crippen molar-refractivity contribution in [2.24, 2.45) is 0 Å². The van der Waals surface area contributed by atoms with Gasteiger partial charge in [-0.1, -0.05) is 18.2 Å². The van der Waals surface area contributed by atoms with Crippen molar-refractivity contribution < 1.29 is 14.6 Å². The first-order valence-electron chi connectivity index (χ1n) is 14.0. The van der Waals surface area contributed by atoms with Crippen LogP contribution in [0.25, 0.3) is 11.1 Å². The van der Waals surface area contributed by atoms with Crippen LogP contribution >= 0.6 is 0 Å². The lowest BCUT2D eigenvalue weighted by Crippen LogP contribution is -2.45. The number of urea groups is 1. The number of methoxy groups -OCH3 is 1. The zero-order chi connectivity index (χ0) is 27.2. The molecule has 2 aliphatic rings. The Kier molecular flexibility index (Phi) is 8.68. The molecule has 0 atom stereocenters. The van der Waals surface area contributed by atoms with Crippen LogP contribution in [0.4, 0.5) is 16.2 Å². The fraction of sp³-hybridized carbons (Fsp3) is 0.467. The highest BCUT2D eigenvalue weighted by atomic mass is 16.5. The second kappa shape index (κ2) is 12.5. The molecule has 2 amide bonds. The molecular formula is C30H40N6O3. The van der Waals surface area contributed by atoms with Gasteiger partial charge in [-0.25, -0.2) is 4.79 Å². The van der Waals surface area contributed by atoms with Crippen molar-refractivity contribution in [3.63, 3.8) is 0 Å². The summed E-state index contributed by atoms with van der Waals surface area (Å²) in [5.74, 6) is 0.771. The fourth-order valence-corrected chi connectivity index (χ4v) is 5.80. The van der Waals surface area contributed by atoms with E-state index in [9.17, 15) is 9.90 Å². The Morgan fingerprint density at radius 3 is 2.56 bits per heavy atom. The first-order valence-corrected chi connectivity index (χ1v) is 14.0. The summed E-state index contributed by atoms with van der Waals surface area (Å²) in [4.78, 5) is 18.2. The van der Waals surface area contributed by atoms with E-state index in [0.717, 1.165) is 72.6 Å². The molecule has 9 nitrogen and oxygen atoms in total. The molecular weight excluding hydrogens is 492 g/mol. The van der Waals surface area contributed by atoms with Gasteiger partial charge in [0, 0.05) is 37.4 Å². The number of piperidine rings is 1.